The first-order valence-electron chi connectivity index (χ1n) is 5.62. The smallest absolute Gasteiger partial charge is 0.348 e. The largest absolute Gasteiger partial charge is 0.477 e. The number of nitrogens with two attached hydrogens (primary N) is 1. The van der Waals surface area contributed by atoms with E-state index in [2.05, 4.69) is 10.8 Å². The third kappa shape index (κ3) is 2.04. The van der Waals surface area contributed by atoms with Crippen LogP contribution in [0.4, 0.5) is 5.69 Å². The standard InChI is InChI=1S/C13H15NO2S2/c1-6(2)9-10(14)12(13(15)16)18-11(9)8-5-17-4-7(8)3/h4-6H,14H2,1-3H3,(H,15,16). The van der Waals surface area contributed by atoms with E-state index in [0.29, 0.717) is 5.69 Å². The minimum atomic E-state index is -0.946. The first-order chi connectivity index (χ1) is 8.43. The van der Waals surface area contributed by atoms with Crippen LogP contribution in [0, 0.1) is 6.92 Å². The van der Waals surface area contributed by atoms with E-state index in [4.69, 9.17) is 5.73 Å². The van der Waals surface area contributed by atoms with Gasteiger partial charge in [-0.3, -0.25) is 0 Å². The molecule has 96 valence electrons. The Hall–Kier alpha value is -1.33. The van der Waals surface area contributed by atoms with E-state index >= 15 is 0 Å². The van der Waals surface area contributed by atoms with E-state index in [-0.39, 0.29) is 10.8 Å². The molecule has 3 N–H and O–H groups in total. The molecule has 0 saturated carbocycles. The van der Waals surface area contributed by atoms with Gasteiger partial charge in [0.25, 0.3) is 0 Å². The van der Waals surface area contributed by atoms with Gasteiger partial charge in [0.1, 0.15) is 4.88 Å². The van der Waals surface area contributed by atoms with Gasteiger partial charge in [-0.1, -0.05) is 13.8 Å². The summed E-state index contributed by atoms with van der Waals surface area (Å²) in [6.07, 6.45) is 0. The summed E-state index contributed by atoms with van der Waals surface area (Å²) in [5, 5.41) is 13.3. The number of aryl methyl sites for hydroxylation is 1. The molecule has 0 bridgehead atoms. The molecule has 0 aliphatic rings. The summed E-state index contributed by atoms with van der Waals surface area (Å²) in [4.78, 5) is 12.4. The minimum Gasteiger partial charge on any atom is -0.477 e. The second-order valence-electron chi connectivity index (χ2n) is 4.52. The van der Waals surface area contributed by atoms with Gasteiger partial charge in [0.2, 0.25) is 0 Å². The fourth-order valence-corrected chi connectivity index (χ4v) is 4.19. The molecule has 2 heterocycles. The molecule has 0 aromatic carbocycles. The molecule has 0 saturated heterocycles. The van der Waals surface area contributed by atoms with Crippen LogP contribution < -0.4 is 5.73 Å². The summed E-state index contributed by atoms with van der Waals surface area (Å²) in [6, 6.07) is 0. The lowest BCUT2D eigenvalue weighted by Crippen LogP contribution is -2.00. The fourth-order valence-electron chi connectivity index (χ4n) is 1.98. The molecule has 0 radical (unpaired) electrons. The molecule has 0 amide bonds. The normalized spacial score (nSPS) is 11.1. The molecule has 3 nitrogen and oxygen atoms in total. The number of carboxylic acids is 1. The van der Waals surface area contributed by atoms with Gasteiger partial charge < -0.3 is 10.8 Å². The molecule has 5 heteroatoms. The molecule has 0 atom stereocenters. The summed E-state index contributed by atoms with van der Waals surface area (Å²) in [5.41, 5.74) is 9.64. The minimum absolute atomic E-state index is 0.212. The van der Waals surface area contributed by atoms with Crippen molar-refractivity contribution in [2.24, 2.45) is 0 Å². The van der Waals surface area contributed by atoms with E-state index in [0.717, 1.165) is 16.0 Å². The molecule has 2 rings (SSSR count). The number of anilines is 1. The predicted molar refractivity (Wildman–Crippen MR) is 77.8 cm³/mol. The maximum absolute atomic E-state index is 11.2. The lowest BCUT2D eigenvalue weighted by atomic mass is 9.98. The molecule has 2 aromatic heterocycles. The number of carbonyl (C=O) groups is 1. The van der Waals surface area contributed by atoms with Gasteiger partial charge in [-0.25, -0.2) is 4.79 Å². The van der Waals surface area contributed by atoms with Gasteiger partial charge in [-0.05, 0) is 34.7 Å². The van der Waals surface area contributed by atoms with Crippen molar-refractivity contribution < 1.29 is 9.90 Å². The quantitative estimate of drug-likeness (QED) is 0.886. The monoisotopic (exact) mass is 281 g/mol. The Morgan fingerprint density at radius 1 is 1.39 bits per heavy atom. The molecule has 0 aliphatic carbocycles. The van der Waals surface area contributed by atoms with Crippen LogP contribution >= 0.6 is 22.7 Å². The topological polar surface area (TPSA) is 63.3 Å². The molecule has 0 spiro atoms. The zero-order valence-electron chi connectivity index (χ0n) is 10.5. The lowest BCUT2D eigenvalue weighted by molar-refractivity contribution is 0.0703. The summed E-state index contributed by atoms with van der Waals surface area (Å²) in [5.74, 6) is -0.734. The molecule has 0 aliphatic heterocycles. The molecule has 0 unspecified atom stereocenters. The van der Waals surface area contributed by atoms with Gasteiger partial charge in [-0.2, -0.15) is 11.3 Å². The van der Waals surface area contributed by atoms with E-state index in [9.17, 15) is 9.90 Å². The maximum Gasteiger partial charge on any atom is 0.348 e. The first kappa shape index (κ1) is 13.1. The van der Waals surface area contributed by atoms with Crippen molar-refractivity contribution in [3.8, 4) is 10.4 Å². The molecular formula is C13H15NO2S2. The van der Waals surface area contributed by atoms with Crippen molar-refractivity contribution >= 4 is 34.3 Å². The van der Waals surface area contributed by atoms with E-state index in [1.807, 2.05) is 20.8 Å². The Labute approximate surface area is 114 Å². The third-order valence-electron chi connectivity index (χ3n) is 2.86. The van der Waals surface area contributed by atoms with Crippen LogP contribution in [0.3, 0.4) is 0 Å². The number of nitrogen functional groups attached to an aromatic ring is 1. The van der Waals surface area contributed by atoms with Crippen LogP contribution in [0.2, 0.25) is 0 Å². The molecule has 0 fully saturated rings. The van der Waals surface area contributed by atoms with Crippen molar-refractivity contribution in [2.45, 2.75) is 26.7 Å². The van der Waals surface area contributed by atoms with Crippen LogP contribution in [0.15, 0.2) is 10.8 Å². The second kappa shape index (κ2) is 4.74. The number of carboxylic acid groups (broad SMARTS) is 1. The average Bonchev–Trinajstić information content (AvgIpc) is 2.81. The van der Waals surface area contributed by atoms with Crippen molar-refractivity contribution in [3.63, 3.8) is 0 Å². The Morgan fingerprint density at radius 3 is 2.50 bits per heavy atom. The summed E-state index contributed by atoms with van der Waals surface area (Å²) in [6.45, 7) is 6.11. The number of rotatable bonds is 3. The Bertz CT molecular complexity index is 596. The fraction of sp³-hybridized carbons (Fsp3) is 0.308. The van der Waals surface area contributed by atoms with Crippen LogP contribution in [-0.2, 0) is 0 Å². The SMILES string of the molecule is Cc1cscc1-c1sc(C(=O)O)c(N)c1C(C)C. The van der Waals surface area contributed by atoms with Gasteiger partial charge >= 0.3 is 5.97 Å². The molecular weight excluding hydrogens is 266 g/mol. The predicted octanol–water partition coefficient (Wildman–Crippen LogP) is 4.19. The van der Waals surface area contributed by atoms with Gasteiger partial charge in [-0.15, -0.1) is 11.3 Å². The average molecular weight is 281 g/mol. The number of aromatic carboxylic acids is 1. The summed E-state index contributed by atoms with van der Waals surface area (Å²) in [7, 11) is 0. The molecule has 18 heavy (non-hydrogen) atoms. The number of thiophene rings is 2. The van der Waals surface area contributed by atoms with E-state index in [1.54, 1.807) is 11.3 Å². The third-order valence-corrected chi connectivity index (χ3v) is 4.96. The zero-order chi connectivity index (χ0) is 13.4. The lowest BCUT2D eigenvalue weighted by Gasteiger charge is -2.08. The Balaban J connectivity index is 2.71. The van der Waals surface area contributed by atoms with Crippen molar-refractivity contribution in [3.05, 3.63) is 26.8 Å². The first-order valence-corrected chi connectivity index (χ1v) is 7.38. The number of hydrogen-bond donors (Lipinski definition) is 2. The van der Waals surface area contributed by atoms with E-state index in [1.165, 1.54) is 16.9 Å². The van der Waals surface area contributed by atoms with Crippen molar-refractivity contribution in [2.75, 3.05) is 5.73 Å². The highest BCUT2D eigenvalue weighted by Crippen LogP contribution is 2.44. The Kier molecular flexibility index (Phi) is 3.45. The maximum atomic E-state index is 11.2. The Morgan fingerprint density at radius 2 is 2.06 bits per heavy atom. The highest BCUT2D eigenvalue weighted by Gasteiger charge is 2.24. The molecule has 2 aromatic rings. The highest BCUT2D eigenvalue weighted by atomic mass is 32.1. The van der Waals surface area contributed by atoms with Crippen LogP contribution in [0.25, 0.3) is 10.4 Å². The van der Waals surface area contributed by atoms with Crippen LogP contribution in [0.5, 0.6) is 0 Å². The summed E-state index contributed by atoms with van der Waals surface area (Å²) >= 11 is 2.90. The summed E-state index contributed by atoms with van der Waals surface area (Å²) < 4.78 is 0. The van der Waals surface area contributed by atoms with Crippen LogP contribution in [-0.4, -0.2) is 11.1 Å². The second-order valence-corrected chi connectivity index (χ2v) is 6.28. The van der Waals surface area contributed by atoms with Gasteiger partial charge in [0.05, 0.1) is 5.69 Å². The van der Waals surface area contributed by atoms with Crippen molar-refractivity contribution in [1.29, 1.82) is 0 Å². The van der Waals surface area contributed by atoms with Crippen molar-refractivity contribution in [1.82, 2.24) is 0 Å². The van der Waals surface area contributed by atoms with Gasteiger partial charge in [0.15, 0.2) is 0 Å². The van der Waals surface area contributed by atoms with Gasteiger partial charge in [0, 0.05) is 10.4 Å². The van der Waals surface area contributed by atoms with E-state index < -0.39 is 5.97 Å². The zero-order valence-corrected chi connectivity index (χ0v) is 12.1. The highest BCUT2D eigenvalue weighted by molar-refractivity contribution is 7.18. The number of hydrogen-bond acceptors (Lipinski definition) is 4. The van der Waals surface area contributed by atoms with Crippen LogP contribution in [0.1, 0.15) is 40.6 Å².